The summed E-state index contributed by atoms with van der Waals surface area (Å²) in [6.45, 7) is 11.1. The van der Waals surface area contributed by atoms with Crippen molar-refractivity contribution in [2.45, 2.75) is 52.4 Å². The molecule has 0 saturated carbocycles. The first-order valence-electron chi connectivity index (χ1n) is 11.3. The highest BCUT2D eigenvalue weighted by molar-refractivity contribution is 7.89. The van der Waals surface area contributed by atoms with Gasteiger partial charge < -0.3 is 4.90 Å². The number of carbonyl (C=O) groups is 1. The van der Waals surface area contributed by atoms with E-state index < -0.39 is 10.0 Å². The van der Waals surface area contributed by atoms with E-state index >= 15 is 0 Å². The molecule has 8 nitrogen and oxygen atoms in total. The SMILES string of the molecule is Cc1ccc(S(=O)(=O)N2CCN(C(=O)CCc3c(C)nc4cc(C)nn4c3C)CC2)c(C)c1. The molecular weight excluding hydrogens is 438 g/mol. The molecule has 1 aliphatic rings. The van der Waals surface area contributed by atoms with E-state index in [0.29, 0.717) is 43.9 Å². The van der Waals surface area contributed by atoms with Crippen LogP contribution in [0.25, 0.3) is 5.65 Å². The van der Waals surface area contributed by atoms with Crippen LogP contribution in [0.5, 0.6) is 0 Å². The Morgan fingerprint density at radius 1 is 1.00 bits per heavy atom. The first kappa shape index (κ1) is 23.4. The minimum atomic E-state index is -3.57. The zero-order chi connectivity index (χ0) is 23.9. The molecule has 176 valence electrons. The second-order valence-electron chi connectivity index (χ2n) is 8.87. The summed E-state index contributed by atoms with van der Waals surface area (Å²) in [7, 11) is -3.57. The van der Waals surface area contributed by atoms with Crippen molar-refractivity contribution >= 4 is 21.6 Å². The summed E-state index contributed by atoms with van der Waals surface area (Å²) in [5.74, 6) is 0.0362. The summed E-state index contributed by atoms with van der Waals surface area (Å²) in [5, 5.41) is 4.50. The number of amides is 1. The van der Waals surface area contributed by atoms with Crippen molar-refractivity contribution < 1.29 is 13.2 Å². The van der Waals surface area contributed by atoms with E-state index in [4.69, 9.17) is 0 Å². The zero-order valence-corrected chi connectivity index (χ0v) is 20.7. The summed E-state index contributed by atoms with van der Waals surface area (Å²) < 4.78 is 29.5. The summed E-state index contributed by atoms with van der Waals surface area (Å²) in [6, 6.07) is 7.32. The number of piperazine rings is 1. The second-order valence-corrected chi connectivity index (χ2v) is 10.8. The van der Waals surface area contributed by atoms with Crippen molar-refractivity contribution in [3.05, 3.63) is 58.0 Å². The fraction of sp³-hybridized carbons (Fsp3) is 0.458. The maximum atomic E-state index is 13.1. The number of aryl methyl sites for hydroxylation is 5. The first-order chi connectivity index (χ1) is 15.6. The third kappa shape index (κ3) is 4.52. The van der Waals surface area contributed by atoms with Crippen molar-refractivity contribution in [1.29, 1.82) is 0 Å². The van der Waals surface area contributed by atoms with Crippen molar-refractivity contribution in [2.75, 3.05) is 26.2 Å². The molecular formula is C24H31N5O3S. The van der Waals surface area contributed by atoms with E-state index in [1.54, 1.807) is 11.0 Å². The third-order valence-corrected chi connectivity index (χ3v) is 8.47. The topological polar surface area (TPSA) is 87.9 Å². The fourth-order valence-corrected chi connectivity index (χ4v) is 6.23. The Bertz CT molecular complexity index is 1320. The average molecular weight is 470 g/mol. The molecule has 0 radical (unpaired) electrons. The zero-order valence-electron chi connectivity index (χ0n) is 19.9. The first-order valence-corrected chi connectivity index (χ1v) is 12.7. The monoisotopic (exact) mass is 469 g/mol. The molecule has 4 rings (SSSR count). The lowest BCUT2D eigenvalue weighted by Crippen LogP contribution is -2.50. The maximum absolute atomic E-state index is 13.1. The third-order valence-electron chi connectivity index (χ3n) is 6.41. The van der Waals surface area contributed by atoms with Gasteiger partial charge in [0.1, 0.15) is 0 Å². The van der Waals surface area contributed by atoms with Gasteiger partial charge in [-0.05, 0) is 58.2 Å². The summed E-state index contributed by atoms with van der Waals surface area (Å²) in [4.78, 5) is 19.6. The van der Waals surface area contributed by atoms with Gasteiger partial charge in [0, 0.05) is 50.1 Å². The van der Waals surface area contributed by atoms with Crippen molar-refractivity contribution in [3.8, 4) is 0 Å². The van der Waals surface area contributed by atoms with Gasteiger partial charge in [-0.1, -0.05) is 17.7 Å². The van der Waals surface area contributed by atoms with Crippen LogP contribution in [0.15, 0.2) is 29.2 Å². The standard InChI is InChI=1S/C24H31N5O3S/c1-16-6-8-22(17(2)14-16)33(31,32)28-12-10-27(11-13-28)24(30)9-7-21-19(4)25-23-15-18(3)26-29(23)20(21)5/h6,8,14-15H,7,9-13H2,1-5H3. The predicted octanol–water partition coefficient (Wildman–Crippen LogP) is 2.74. The Morgan fingerprint density at radius 2 is 1.70 bits per heavy atom. The molecule has 2 aromatic heterocycles. The maximum Gasteiger partial charge on any atom is 0.243 e. The van der Waals surface area contributed by atoms with Crippen LogP contribution in [0.3, 0.4) is 0 Å². The highest BCUT2D eigenvalue weighted by atomic mass is 32.2. The van der Waals surface area contributed by atoms with Crippen LogP contribution in [0.1, 0.15) is 40.2 Å². The molecule has 0 aliphatic carbocycles. The summed E-state index contributed by atoms with van der Waals surface area (Å²) >= 11 is 0. The molecule has 1 aromatic carbocycles. The van der Waals surface area contributed by atoms with Crippen molar-refractivity contribution in [1.82, 2.24) is 23.8 Å². The Balaban J connectivity index is 1.39. The molecule has 0 atom stereocenters. The number of aromatic nitrogens is 3. The smallest absolute Gasteiger partial charge is 0.243 e. The number of hydrogen-bond donors (Lipinski definition) is 0. The van der Waals surface area contributed by atoms with Crippen molar-refractivity contribution in [2.24, 2.45) is 0 Å². The van der Waals surface area contributed by atoms with Gasteiger partial charge in [-0.3, -0.25) is 4.79 Å². The molecule has 3 aromatic rings. The quantitative estimate of drug-likeness (QED) is 0.573. The van der Waals surface area contributed by atoms with Gasteiger partial charge in [0.25, 0.3) is 0 Å². The predicted molar refractivity (Wildman–Crippen MR) is 127 cm³/mol. The number of benzene rings is 1. The molecule has 3 heterocycles. The van der Waals surface area contributed by atoms with Crippen LogP contribution >= 0.6 is 0 Å². The van der Waals surface area contributed by atoms with Crippen molar-refractivity contribution in [3.63, 3.8) is 0 Å². The van der Waals surface area contributed by atoms with Crippen LogP contribution in [0, 0.1) is 34.6 Å². The molecule has 0 spiro atoms. The number of sulfonamides is 1. The largest absolute Gasteiger partial charge is 0.340 e. The Hall–Kier alpha value is -2.78. The highest BCUT2D eigenvalue weighted by Gasteiger charge is 2.31. The minimum absolute atomic E-state index is 0.0362. The van der Waals surface area contributed by atoms with Crippen LogP contribution < -0.4 is 0 Å². The van der Waals surface area contributed by atoms with E-state index in [1.165, 1.54) is 4.31 Å². The van der Waals surface area contributed by atoms with E-state index in [0.717, 1.165) is 39.4 Å². The van der Waals surface area contributed by atoms with Crippen LogP contribution in [0.4, 0.5) is 0 Å². The van der Waals surface area contributed by atoms with Gasteiger partial charge in [-0.2, -0.15) is 9.40 Å². The highest BCUT2D eigenvalue weighted by Crippen LogP contribution is 2.23. The second kappa shape index (κ2) is 8.87. The molecule has 33 heavy (non-hydrogen) atoms. The van der Waals surface area contributed by atoms with Gasteiger partial charge in [-0.15, -0.1) is 0 Å². The molecule has 1 fully saturated rings. The molecule has 0 unspecified atom stereocenters. The Morgan fingerprint density at radius 3 is 2.36 bits per heavy atom. The molecule has 1 saturated heterocycles. The van der Waals surface area contributed by atoms with Crippen LogP contribution in [-0.2, 0) is 21.2 Å². The number of carbonyl (C=O) groups excluding carboxylic acids is 1. The molecule has 0 N–H and O–H groups in total. The van der Waals surface area contributed by atoms with E-state index in [1.807, 2.05) is 57.3 Å². The normalized spacial score (nSPS) is 15.4. The van der Waals surface area contributed by atoms with E-state index in [-0.39, 0.29) is 5.91 Å². The number of hydrogen-bond acceptors (Lipinski definition) is 5. The van der Waals surface area contributed by atoms with Crippen LogP contribution in [-0.4, -0.2) is 64.3 Å². The fourth-order valence-electron chi connectivity index (χ4n) is 4.60. The number of nitrogens with zero attached hydrogens (tertiary/aromatic N) is 5. The van der Waals surface area contributed by atoms with Gasteiger partial charge in [0.05, 0.1) is 10.6 Å². The Labute approximate surface area is 195 Å². The summed E-state index contributed by atoms with van der Waals surface area (Å²) in [5.41, 5.74) is 6.46. The molecule has 9 heteroatoms. The van der Waals surface area contributed by atoms with Gasteiger partial charge in [0.2, 0.25) is 15.9 Å². The lowest BCUT2D eigenvalue weighted by atomic mass is 10.1. The van der Waals surface area contributed by atoms with Gasteiger partial charge >= 0.3 is 0 Å². The Kier molecular flexibility index (Phi) is 6.28. The van der Waals surface area contributed by atoms with E-state index in [2.05, 4.69) is 10.1 Å². The van der Waals surface area contributed by atoms with Crippen LogP contribution in [0.2, 0.25) is 0 Å². The lowest BCUT2D eigenvalue weighted by Gasteiger charge is -2.34. The number of fused-ring (bicyclic) bond motifs is 1. The number of rotatable bonds is 5. The molecule has 1 aliphatic heterocycles. The molecule has 0 bridgehead atoms. The average Bonchev–Trinajstić information content (AvgIpc) is 3.13. The van der Waals surface area contributed by atoms with Gasteiger partial charge in [-0.25, -0.2) is 17.9 Å². The minimum Gasteiger partial charge on any atom is -0.340 e. The van der Waals surface area contributed by atoms with Gasteiger partial charge in [0.15, 0.2) is 5.65 Å². The molecule has 1 amide bonds. The van der Waals surface area contributed by atoms with E-state index in [9.17, 15) is 13.2 Å². The summed E-state index contributed by atoms with van der Waals surface area (Å²) in [6.07, 6.45) is 0.943. The lowest BCUT2D eigenvalue weighted by molar-refractivity contribution is -0.132.